The van der Waals surface area contributed by atoms with E-state index in [1.807, 2.05) is 12.1 Å². The minimum absolute atomic E-state index is 0.0349. The summed E-state index contributed by atoms with van der Waals surface area (Å²) in [5.74, 6) is -1.76. The van der Waals surface area contributed by atoms with Crippen LogP contribution in [0.2, 0.25) is 5.02 Å². The van der Waals surface area contributed by atoms with Crippen LogP contribution in [0.25, 0.3) is 0 Å². The predicted octanol–water partition coefficient (Wildman–Crippen LogP) is 8.11. The zero-order valence-corrected chi connectivity index (χ0v) is 28.2. The number of unbranched alkanes of at least 4 members (excludes halogenated alkanes) is 3. The first-order valence-corrected chi connectivity index (χ1v) is 16.7. The van der Waals surface area contributed by atoms with Crippen molar-refractivity contribution in [3.8, 4) is 5.75 Å². The second-order valence-electron chi connectivity index (χ2n) is 12.7. The lowest BCUT2D eigenvalue weighted by Crippen LogP contribution is -2.72. The van der Waals surface area contributed by atoms with Crippen molar-refractivity contribution in [2.45, 2.75) is 121 Å². The summed E-state index contributed by atoms with van der Waals surface area (Å²) in [4.78, 5) is 0. The Bertz CT molecular complexity index is 1250. The van der Waals surface area contributed by atoms with E-state index < -0.39 is 41.7 Å². The van der Waals surface area contributed by atoms with Crippen molar-refractivity contribution in [2.24, 2.45) is 0 Å². The molecule has 11 heteroatoms. The van der Waals surface area contributed by atoms with Crippen molar-refractivity contribution in [1.82, 2.24) is 0 Å². The lowest BCUT2D eigenvalue weighted by atomic mass is 9.74. The van der Waals surface area contributed by atoms with Crippen LogP contribution in [0.4, 0.5) is 13.2 Å². The molecule has 0 spiro atoms. The Hall–Kier alpha value is -1.92. The third-order valence-electron chi connectivity index (χ3n) is 8.70. The summed E-state index contributed by atoms with van der Waals surface area (Å²) in [6, 6.07) is 11.1. The van der Waals surface area contributed by atoms with E-state index in [2.05, 4.69) is 25.5 Å². The van der Waals surface area contributed by atoms with E-state index in [1.54, 1.807) is 32.0 Å². The zero-order valence-electron chi connectivity index (χ0n) is 27.5. The summed E-state index contributed by atoms with van der Waals surface area (Å²) < 4.78 is 75.5. The van der Waals surface area contributed by atoms with Gasteiger partial charge in [0.1, 0.15) is 24.1 Å². The van der Waals surface area contributed by atoms with Gasteiger partial charge in [0.2, 0.25) is 5.79 Å². The number of aliphatic hydroxyl groups is 1. The smallest absolute Gasteiger partial charge is 0.406 e. The minimum Gasteiger partial charge on any atom is -0.406 e. The molecule has 2 heterocycles. The zero-order chi connectivity index (χ0) is 33.6. The third kappa shape index (κ3) is 8.20. The van der Waals surface area contributed by atoms with Crippen LogP contribution in [0.3, 0.4) is 0 Å². The van der Waals surface area contributed by atoms with Crippen LogP contribution in [0.15, 0.2) is 42.5 Å². The van der Waals surface area contributed by atoms with E-state index in [9.17, 15) is 18.3 Å². The molecule has 2 fully saturated rings. The Morgan fingerprint density at radius 1 is 0.870 bits per heavy atom. The van der Waals surface area contributed by atoms with Crippen molar-refractivity contribution in [3.63, 3.8) is 0 Å². The van der Waals surface area contributed by atoms with Gasteiger partial charge in [-0.25, -0.2) is 0 Å². The van der Waals surface area contributed by atoms with Gasteiger partial charge in [0.15, 0.2) is 5.60 Å². The van der Waals surface area contributed by atoms with Gasteiger partial charge in [0.05, 0.1) is 12.2 Å². The van der Waals surface area contributed by atoms with Crippen molar-refractivity contribution >= 4 is 11.6 Å². The van der Waals surface area contributed by atoms with Crippen molar-refractivity contribution in [2.75, 3.05) is 26.4 Å². The summed E-state index contributed by atoms with van der Waals surface area (Å²) >= 11 is 6.68. The van der Waals surface area contributed by atoms with Crippen LogP contribution in [-0.4, -0.2) is 67.4 Å². The molecule has 2 bridgehead atoms. The highest BCUT2D eigenvalue weighted by molar-refractivity contribution is 6.31. The van der Waals surface area contributed by atoms with Crippen LogP contribution in [0.5, 0.6) is 5.75 Å². The van der Waals surface area contributed by atoms with Crippen LogP contribution in [-0.2, 0) is 35.9 Å². The molecule has 2 aromatic carbocycles. The van der Waals surface area contributed by atoms with Gasteiger partial charge in [-0.15, -0.1) is 13.2 Å². The summed E-state index contributed by atoms with van der Waals surface area (Å²) in [6.07, 6.45) is -1.21. The molecule has 7 nitrogen and oxygen atoms in total. The molecule has 0 unspecified atom stereocenters. The molecule has 2 aromatic rings. The van der Waals surface area contributed by atoms with Crippen LogP contribution in [0.1, 0.15) is 89.8 Å². The van der Waals surface area contributed by atoms with Gasteiger partial charge >= 0.3 is 6.36 Å². The van der Waals surface area contributed by atoms with E-state index in [4.69, 9.17) is 35.3 Å². The monoisotopic (exact) mass is 672 g/mol. The molecule has 2 saturated heterocycles. The first-order valence-electron chi connectivity index (χ1n) is 16.3. The molecule has 2 aliphatic heterocycles. The van der Waals surface area contributed by atoms with E-state index in [0.29, 0.717) is 42.4 Å². The topological polar surface area (TPSA) is 75.6 Å². The van der Waals surface area contributed by atoms with Gasteiger partial charge in [-0.1, -0.05) is 69.8 Å². The number of halogens is 4. The predicted molar refractivity (Wildman–Crippen MR) is 169 cm³/mol. The number of rotatable bonds is 17. The standard InChI is InChI=1S/C35H48ClF3O7/c1-6-9-18-41-29-30(42-19-10-7-2)33(32(4,5)40)23-44-34(46-33,31(29)43-20-11-8-3)26-14-17-28(36)25(22-26)21-24-12-15-27(16-13-24)45-35(37,38)39/h12-17,22,29-31,40H,6-11,18-21,23H2,1-5H3/t29-,30-,31+,33-,34-/m0/s1. The Morgan fingerprint density at radius 3 is 2.02 bits per heavy atom. The maximum absolute atomic E-state index is 12.7. The highest BCUT2D eigenvalue weighted by atomic mass is 35.5. The lowest BCUT2D eigenvalue weighted by molar-refractivity contribution is -0.365. The Kier molecular flexibility index (Phi) is 12.5. The normalized spacial score (nSPS) is 26.4. The maximum Gasteiger partial charge on any atom is 0.573 e. The van der Waals surface area contributed by atoms with Gasteiger partial charge in [0, 0.05) is 30.4 Å². The van der Waals surface area contributed by atoms with E-state index in [-0.39, 0.29) is 12.4 Å². The summed E-state index contributed by atoms with van der Waals surface area (Å²) in [5.41, 5.74) is -0.594. The average molecular weight is 673 g/mol. The molecule has 0 aliphatic carbocycles. The fourth-order valence-corrected chi connectivity index (χ4v) is 6.24. The number of hydrogen-bond donors (Lipinski definition) is 1. The third-order valence-corrected chi connectivity index (χ3v) is 9.07. The quantitative estimate of drug-likeness (QED) is 0.170. The molecule has 258 valence electrons. The number of ether oxygens (including phenoxy) is 6. The molecule has 4 rings (SSSR count). The Labute approximate surface area is 275 Å². The van der Waals surface area contributed by atoms with Crippen molar-refractivity contribution < 1.29 is 46.7 Å². The van der Waals surface area contributed by atoms with Crippen LogP contribution >= 0.6 is 11.6 Å². The van der Waals surface area contributed by atoms with Crippen LogP contribution < -0.4 is 4.74 Å². The molecule has 2 aliphatic rings. The number of benzene rings is 2. The molecule has 1 N–H and O–H groups in total. The molecular weight excluding hydrogens is 625 g/mol. The van der Waals surface area contributed by atoms with E-state index >= 15 is 0 Å². The molecule has 0 saturated carbocycles. The fraction of sp³-hybridized carbons (Fsp3) is 0.657. The highest BCUT2D eigenvalue weighted by Gasteiger charge is 2.73. The van der Waals surface area contributed by atoms with Crippen molar-refractivity contribution in [3.05, 3.63) is 64.2 Å². The average Bonchev–Trinajstić information content (AvgIpc) is 3.37. The second kappa shape index (κ2) is 15.5. The van der Waals surface area contributed by atoms with Gasteiger partial charge in [0.25, 0.3) is 0 Å². The number of hydrogen-bond acceptors (Lipinski definition) is 7. The fourth-order valence-electron chi connectivity index (χ4n) is 6.06. The lowest BCUT2D eigenvalue weighted by Gasteiger charge is -2.54. The molecule has 0 radical (unpaired) electrons. The molecule has 0 aromatic heterocycles. The van der Waals surface area contributed by atoms with E-state index in [0.717, 1.165) is 44.1 Å². The van der Waals surface area contributed by atoms with Gasteiger partial charge < -0.3 is 33.5 Å². The SMILES string of the molecule is CCCCO[C@@H]1[C@@H](OCCCC)[C@@]2(c3ccc(Cl)c(Cc4ccc(OC(F)(F)F)cc4)c3)OC[C@](C(C)(C)O)(O2)[C@H]1OCCCC. The van der Waals surface area contributed by atoms with Crippen molar-refractivity contribution in [1.29, 1.82) is 0 Å². The van der Waals surface area contributed by atoms with Gasteiger partial charge in [-0.2, -0.15) is 0 Å². The van der Waals surface area contributed by atoms with Crippen LogP contribution in [0, 0.1) is 0 Å². The molecule has 5 atom stereocenters. The summed E-state index contributed by atoms with van der Waals surface area (Å²) in [6.45, 7) is 11.1. The summed E-state index contributed by atoms with van der Waals surface area (Å²) in [7, 11) is 0. The summed E-state index contributed by atoms with van der Waals surface area (Å²) in [5, 5.41) is 12.2. The first-order chi connectivity index (χ1) is 21.8. The number of fused-ring (bicyclic) bond motifs is 2. The Morgan fingerprint density at radius 2 is 1.46 bits per heavy atom. The molecule has 0 amide bonds. The maximum atomic E-state index is 12.7. The first kappa shape index (κ1) is 36.9. The van der Waals surface area contributed by atoms with Gasteiger partial charge in [-0.3, -0.25) is 0 Å². The Balaban J connectivity index is 1.77. The largest absolute Gasteiger partial charge is 0.573 e. The molecule has 46 heavy (non-hydrogen) atoms. The highest BCUT2D eigenvalue weighted by Crippen LogP contribution is 2.56. The molecular formula is C35H48ClF3O7. The second-order valence-corrected chi connectivity index (χ2v) is 13.1. The number of alkyl halides is 3. The minimum atomic E-state index is -4.77. The van der Waals surface area contributed by atoms with E-state index in [1.165, 1.54) is 12.1 Å². The van der Waals surface area contributed by atoms with Gasteiger partial charge in [-0.05, 0) is 74.9 Å².